The summed E-state index contributed by atoms with van der Waals surface area (Å²) in [5.74, 6) is 0.918. The Morgan fingerprint density at radius 2 is 2.24 bits per heavy atom. The van der Waals surface area contributed by atoms with E-state index in [2.05, 4.69) is 0 Å². The van der Waals surface area contributed by atoms with Crippen molar-refractivity contribution in [1.29, 1.82) is 0 Å². The van der Waals surface area contributed by atoms with Crippen molar-refractivity contribution in [3.63, 3.8) is 0 Å². The van der Waals surface area contributed by atoms with E-state index >= 15 is 0 Å². The zero-order valence-electron chi connectivity index (χ0n) is 9.94. The maximum absolute atomic E-state index is 11.5. The minimum absolute atomic E-state index is 0.397. The van der Waals surface area contributed by atoms with Crippen molar-refractivity contribution < 1.29 is 14.3 Å². The van der Waals surface area contributed by atoms with Crippen LogP contribution in [0.3, 0.4) is 0 Å². The fraction of sp³-hybridized carbons (Fsp3) is 0.462. The summed E-state index contributed by atoms with van der Waals surface area (Å²) in [6.07, 6.45) is 3.63. The van der Waals surface area contributed by atoms with Gasteiger partial charge in [-0.25, -0.2) is 4.79 Å². The highest BCUT2D eigenvalue weighted by molar-refractivity contribution is 5.93. The number of rotatable bonds is 5. The van der Waals surface area contributed by atoms with Gasteiger partial charge in [0.05, 0.1) is 13.7 Å². The van der Waals surface area contributed by atoms with Gasteiger partial charge in [0.1, 0.15) is 11.3 Å². The second kappa shape index (κ2) is 5.08. The Bertz CT molecular complexity index is 413. The molecule has 0 aliphatic heterocycles. The summed E-state index contributed by atoms with van der Waals surface area (Å²) in [6, 6.07) is 4.97. The van der Waals surface area contributed by atoms with E-state index in [1.54, 1.807) is 18.2 Å². The standard InChI is InChI=1S/C13H17NO3/c1-16-13(15)11-5-4-10(14)8-12(11)17-7-6-9-2-3-9/h4-5,8-9H,2-3,6-7,14H2,1H3. The lowest BCUT2D eigenvalue weighted by molar-refractivity contribution is 0.0596. The van der Waals surface area contributed by atoms with Crippen molar-refractivity contribution in [2.45, 2.75) is 19.3 Å². The van der Waals surface area contributed by atoms with Gasteiger partial charge in [0.2, 0.25) is 0 Å². The van der Waals surface area contributed by atoms with Crippen molar-refractivity contribution in [1.82, 2.24) is 0 Å². The number of nitrogens with two attached hydrogens (primary N) is 1. The summed E-state index contributed by atoms with van der Waals surface area (Å²) in [4.78, 5) is 11.5. The zero-order valence-corrected chi connectivity index (χ0v) is 9.94. The molecule has 4 heteroatoms. The third kappa shape index (κ3) is 3.12. The molecule has 1 aliphatic rings. The van der Waals surface area contributed by atoms with Crippen molar-refractivity contribution >= 4 is 11.7 Å². The van der Waals surface area contributed by atoms with Crippen molar-refractivity contribution in [2.75, 3.05) is 19.5 Å². The molecule has 1 aliphatic carbocycles. The van der Waals surface area contributed by atoms with Gasteiger partial charge in [0.25, 0.3) is 0 Å². The first-order valence-electron chi connectivity index (χ1n) is 5.81. The average Bonchev–Trinajstić information content (AvgIpc) is 3.12. The molecule has 0 saturated heterocycles. The second-order valence-electron chi connectivity index (χ2n) is 4.33. The molecule has 17 heavy (non-hydrogen) atoms. The maximum atomic E-state index is 11.5. The molecule has 0 bridgehead atoms. The molecule has 1 saturated carbocycles. The summed E-state index contributed by atoms with van der Waals surface area (Å²) in [7, 11) is 1.35. The molecule has 0 aromatic heterocycles. The van der Waals surface area contributed by atoms with E-state index in [0.717, 1.165) is 12.3 Å². The van der Waals surface area contributed by atoms with Crippen molar-refractivity contribution in [3.8, 4) is 5.75 Å². The van der Waals surface area contributed by atoms with Crippen LogP contribution in [0.4, 0.5) is 5.69 Å². The highest BCUT2D eigenvalue weighted by Crippen LogP contribution is 2.32. The van der Waals surface area contributed by atoms with Crippen LogP contribution in [0.5, 0.6) is 5.75 Å². The van der Waals surface area contributed by atoms with Crippen LogP contribution in [0, 0.1) is 5.92 Å². The number of anilines is 1. The molecule has 2 N–H and O–H groups in total. The number of carbonyl (C=O) groups excluding carboxylic acids is 1. The molecule has 2 rings (SSSR count). The van der Waals surface area contributed by atoms with Crippen LogP contribution in [0.1, 0.15) is 29.6 Å². The minimum Gasteiger partial charge on any atom is -0.493 e. The Kier molecular flexibility index (Phi) is 3.52. The molecule has 0 atom stereocenters. The number of hydrogen-bond acceptors (Lipinski definition) is 4. The van der Waals surface area contributed by atoms with Gasteiger partial charge in [0.15, 0.2) is 0 Å². The first-order valence-corrected chi connectivity index (χ1v) is 5.81. The molecule has 0 spiro atoms. The highest BCUT2D eigenvalue weighted by Gasteiger charge is 2.21. The van der Waals surface area contributed by atoms with Crippen LogP contribution in [0.2, 0.25) is 0 Å². The fourth-order valence-electron chi connectivity index (χ4n) is 1.68. The van der Waals surface area contributed by atoms with Crippen molar-refractivity contribution in [2.24, 2.45) is 5.92 Å². The quantitative estimate of drug-likeness (QED) is 0.628. The van der Waals surface area contributed by atoms with Crippen LogP contribution in [0.15, 0.2) is 18.2 Å². The lowest BCUT2D eigenvalue weighted by atomic mass is 10.2. The smallest absolute Gasteiger partial charge is 0.341 e. The molecule has 1 aromatic rings. The maximum Gasteiger partial charge on any atom is 0.341 e. The largest absolute Gasteiger partial charge is 0.493 e. The van der Waals surface area contributed by atoms with Crippen LogP contribution in [-0.2, 0) is 4.74 Å². The number of hydrogen-bond donors (Lipinski definition) is 1. The molecule has 4 nitrogen and oxygen atoms in total. The zero-order chi connectivity index (χ0) is 12.3. The Hall–Kier alpha value is -1.71. The summed E-state index contributed by atoms with van der Waals surface area (Å²) in [5, 5.41) is 0. The lowest BCUT2D eigenvalue weighted by Gasteiger charge is -2.10. The van der Waals surface area contributed by atoms with E-state index in [1.807, 2.05) is 0 Å². The van der Waals surface area contributed by atoms with E-state index in [9.17, 15) is 4.79 Å². The Balaban J connectivity index is 2.05. The Morgan fingerprint density at radius 3 is 2.88 bits per heavy atom. The number of methoxy groups -OCH3 is 1. The number of nitrogen functional groups attached to an aromatic ring is 1. The molecule has 92 valence electrons. The molecule has 0 radical (unpaired) electrons. The van der Waals surface area contributed by atoms with Gasteiger partial charge < -0.3 is 15.2 Å². The highest BCUT2D eigenvalue weighted by atomic mass is 16.5. The van der Waals surface area contributed by atoms with Crippen molar-refractivity contribution in [3.05, 3.63) is 23.8 Å². The van der Waals surface area contributed by atoms with Crippen LogP contribution in [0.25, 0.3) is 0 Å². The van der Waals surface area contributed by atoms with Gasteiger partial charge in [-0.3, -0.25) is 0 Å². The van der Waals surface area contributed by atoms with E-state index in [1.165, 1.54) is 20.0 Å². The molecule has 0 unspecified atom stereocenters. The van der Waals surface area contributed by atoms with Crippen LogP contribution in [-0.4, -0.2) is 19.7 Å². The molecular weight excluding hydrogens is 218 g/mol. The molecule has 0 heterocycles. The lowest BCUT2D eigenvalue weighted by Crippen LogP contribution is -2.07. The summed E-state index contributed by atoms with van der Waals surface area (Å²) < 4.78 is 10.3. The average molecular weight is 235 g/mol. The van der Waals surface area contributed by atoms with Gasteiger partial charge in [-0.2, -0.15) is 0 Å². The summed E-state index contributed by atoms with van der Waals surface area (Å²) >= 11 is 0. The predicted octanol–water partition coefficient (Wildman–Crippen LogP) is 2.23. The summed E-state index contributed by atoms with van der Waals surface area (Å²) in [6.45, 7) is 0.623. The van der Waals surface area contributed by atoms with E-state index in [4.69, 9.17) is 15.2 Å². The van der Waals surface area contributed by atoms with Gasteiger partial charge in [-0.15, -0.1) is 0 Å². The predicted molar refractivity (Wildman–Crippen MR) is 65.0 cm³/mol. The van der Waals surface area contributed by atoms with Gasteiger partial charge in [-0.1, -0.05) is 12.8 Å². The minimum atomic E-state index is -0.397. The number of benzene rings is 1. The van der Waals surface area contributed by atoms with Gasteiger partial charge >= 0.3 is 5.97 Å². The third-order valence-corrected chi connectivity index (χ3v) is 2.89. The topological polar surface area (TPSA) is 61.5 Å². The molecule has 1 aromatic carbocycles. The van der Waals surface area contributed by atoms with E-state index < -0.39 is 5.97 Å². The van der Waals surface area contributed by atoms with Crippen LogP contribution >= 0.6 is 0 Å². The molecule has 1 fully saturated rings. The normalized spacial score (nSPS) is 14.4. The van der Waals surface area contributed by atoms with E-state index in [-0.39, 0.29) is 0 Å². The van der Waals surface area contributed by atoms with Crippen LogP contribution < -0.4 is 10.5 Å². The number of carbonyl (C=O) groups is 1. The number of esters is 1. The first-order chi connectivity index (χ1) is 8.20. The Labute approximate surface area is 101 Å². The third-order valence-electron chi connectivity index (χ3n) is 2.89. The number of ether oxygens (including phenoxy) is 2. The molecule has 0 amide bonds. The first kappa shape index (κ1) is 11.8. The van der Waals surface area contributed by atoms with Gasteiger partial charge in [-0.05, 0) is 24.5 Å². The Morgan fingerprint density at radius 1 is 1.47 bits per heavy atom. The van der Waals surface area contributed by atoms with Gasteiger partial charge in [0, 0.05) is 11.8 Å². The second-order valence-corrected chi connectivity index (χ2v) is 4.33. The SMILES string of the molecule is COC(=O)c1ccc(N)cc1OCCC1CC1. The molecular formula is C13H17NO3. The monoisotopic (exact) mass is 235 g/mol. The van der Waals surface area contributed by atoms with E-state index in [0.29, 0.717) is 23.6 Å². The fourth-order valence-corrected chi connectivity index (χ4v) is 1.68. The summed E-state index contributed by atoms with van der Waals surface area (Å²) in [5.41, 5.74) is 6.69.